The number of hydrogen-bond donors (Lipinski definition) is 2. The minimum Gasteiger partial charge on any atom is -0.384 e. The van der Waals surface area contributed by atoms with Crippen LogP contribution in [-0.2, 0) is 6.42 Å². The zero-order chi connectivity index (χ0) is 13.2. The van der Waals surface area contributed by atoms with Crippen molar-refractivity contribution in [2.24, 2.45) is 0 Å². The molecule has 1 atom stereocenters. The van der Waals surface area contributed by atoms with Gasteiger partial charge in [-0.05, 0) is 48.4 Å². The molecule has 0 bridgehead atoms. The van der Waals surface area contributed by atoms with Crippen LogP contribution < -0.4 is 11.1 Å². The lowest BCUT2D eigenvalue weighted by molar-refractivity contribution is 0.0928. The number of nitrogens with zero attached hydrogens (tertiary/aromatic N) is 1. The quantitative estimate of drug-likeness (QED) is 0.883. The smallest absolute Gasteiger partial charge is 0.270 e. The lowest BCUT2D eigenvalue weighted by Gasteiger charge is -2.23. The maximum Gasteiger partial charge on any atom is 0.270 e. The van der Waals surface area contributed by atoms with Crippen molar-refractivity contribution in [3.8, 4) is 0 Å². The average molecular weight is 273 g/mol. The lowest BCUT2D eigenvalue weighted by atomic mass is 9.94. The molecule has 0 saturated carbocycles. The number of aromatic nitrogens is 1. The Hall–Kier alpha value is -1.88. The van der Waals surface area contributed by atoms with Crippen LogP contribution in [0.4, 0.5) is 5.82 Å². The molecule has 1 unspecified atom stereocenters. The molecule has 2 aromatic heterocycles. The summed E-state index contributed by atoms with van der Waals surface area (Å²) in [4.78, 5) is 17.6. The number of aryl methyl sites for hydroxylation is 1. The number of carbonyl (C=O) groups is 1. The molecular weight excluding hydrogens is 258 g/mol. The third-order valence-electron chi connectivity index (χ3n) is 3.36. The van der Waals surface area contributed by atoms with Crippen LogP contribution in [0, 0.1) is 0 Å². The Labute approximate surface area is 115 Å². The maximum atomic E-state index is 12.2. The van der Waals surface area contributed by atoms with Gasteiger partial charge in [0.2, 0.25) is 0 Å². The molecule has 1 aliphatic rings. The van der Waals surface area contributed by atoms with Gasteiger partial charge in [-0.3, -0.25) is 4.79 Å². The van der Waals surface area contributed by atoms with Gasteiger partial charge in [0.25, 0.3) is 5.91 Å². The molecule has 4 nitrogen and oxygen atoms in total. The van der Waals surface area contributed by atoms with Gasteiger partial charge in [-0.2, -0.15) is 0 Å². The Balaban J connectivity index is 1.78. The van der Waals surface area contributed by atoms with Crippen molar-refractivity contribution in [3.63, 3.8) is 0 Å². The van der Waals surface area contributed by atoms with Crippen molar-refractivity contribution in [2.75, 3.05) is 5.73 Å². The normalized spacial score (nSPS) is 17.8. The zero-order valence-corrected chi connectivity index (χ0v) is 11.2. The monoisotopic (exact) mass is 273 g/mol. The number of thiophene rings is 1. The first-order chi connectivity index (χ1) is 9.24. The second-order valence-corrected chi connectivity index (χ2v) is 5.67. The van der Waals surface area contributed by atoms with E-state index < -0.39 is 0 Å². The van der Waals surface area contributed by atoms with Crippen LogP contribution in [-0.4, -0.2) is 10.9 Å². The fraction of sp³-hybridized carbons (Fsp3) is 0.286. The van der Waals surface area contributed by atoms with Crippen molar-refractivity contribution in [1.29, 1.82) is 0 Å². The summed E-state index contributed by atoms with van der Waals surface area (Å²) in [7, 11) is 0. The van der Waals surface area contributed by atoms with E-state index in [0.29, 0.717) is 11.5 Å². The highest BCUT2D eigenvalue weighted by atomic mass is 32.1. The summed E-state index contributed by atoms with van der Waals surface area (Å²) in [5.74, 6) is 0.212. The van der Waals surface area contributed by atoms with Gasteiger partial charge < -0.3 is 11.1 Å². The van der Waals surface area contributed by atoms with Gasteiger partial charge in [-0.15, -0.1) is 11.3 Å². The van der Waals surface area contributed by atoms with E-state index in [4.69, 9.17) is 5.73 Å². The summed E-state index contributed by atoms with van der Waals surface area (Å²) in [6.07, 6.45) is 3.22. The standard InChI is InChI=1S/C14H15N3OS/c15-13-6-2-4-11(16-13)14(18)17-10-3-1-5-12-9(10)7-8-19-12/h2,4,6-8,10H,1,3,5H2,(H2,15,16)(H,17,18). The van der Waals surface area contributed by atoms with Gasteiger partial charge in [0, 0.05) is 4.88 Å². The van der Waals surface area contributed by atoms with E-state index in [1.54, 1.807) is 29.5 Å². The molecule has 0 aliphatic heterocycles. The molecule has 0 spiro atoms. The predicted molar refractivity (Wildman–Crippen MR) is 76.1 cm³/mol. The molecule has 2 heterocycles. The van der Waals surface area contributed by atoms with E-state index in [9.17, 15) is 4.79 Å². The minimum atomic E-state index is -0.156. The van der Waals surface area contributed by atoms with Crippen LogP contribution in [0.3, 0.4) is 0 Å². The number of rotatable bonds is 2. The molecule has 5 heteroatoms. The molecule has 3 N–H and O–H groups in total. The number of anilines is 1. The Morgan fingerprint density at radius 3 is 3.16 bits per heavy atom. The lowest BCUT2D eigenvalue weighted by Crippen LogP contribution is -2.31. The largest absolute Gasteiger partial charge is 0.384 e. The zero-order valence-electron chi connectivity index (χ0n) is 10.4. The van der Waals surface area contributed by atoms with Crippen LogP contribution in [0.5, 0.6) is 0 Å². The first-order valence-electron chi connectivity index (χ1n) is 6.34. The van der Waals surface area contributed by atoms with Gasteiger partial charge in [0.05, 0.1) is 6.04 Å². The molecule has 1 amide bonds. The van der Waals surface area contributed by atoms with Crippen LogP contribution in [0.2, 0.25) is 0 Å². The first kappa shape index (κ1) is 12.2. The van der Waals surface area contributed by atoms with Gasteiger partial charge in [-0.25, -0.2) is 4.98 Å². The topological polar surface area (TPSA) is 68.0 Å². The van der Waals surface area contributed by atoms with Crippen LogP contribution in [0.15, 0.2) is 29.6 Å². The molecular formula is C14H15N3OS. The number of fused-ring (bicyclic) bond motifs is 1. The maximum absolute atomic E-state index is 12.2. The molecule has 2 aromatic rings. The highest BCUT2D eigenvalue weighted by Gasteiger charge is 2.23. The molecule has 19 heavy (non-hydrogen) atoms. The number of hydrogen-bond acceptors (Lipinski definition) is 4. The Kier molecular flexibility index (Phi) is 3.21. The predicted octanol–water partition coefficient (Wildman–Crippen LogP) is 2.53. The number of amides is 1. The van der Waals surface area contributed by atoms with Gasteiger partial charge >= 0.3 is 0 Å². The third-order valence-corrected chi connectivity index (χ3v) is 4.36. The fourth-order valence-corrected chi connectivity index (χ4v) is 3.43. The van der Waals surface area contributed by atoms with E-state index in [-0.39, 0.29) is 11.9 Å². The average Bonchev–Trinajstić information content (AvgIpc) is 2.88. The van der Waals surface area contributed by atoms with Crippen molar-refractivity contribution in [2.45, 2.75) is 25.3 Å². The number of nitrogens with two attached hydrogens (primary N) is 1. The fourth-order valence-electron chi connectivity index (χ4n) is 2.45. The molecule has 0 aromatic carbocycles. The second kappa shape index (κ2) is 5.01. The molecule has 0 radical (unpaired) electrons. The second-order valence-electron chi connectivity index (χ2n) is 4.67. The van der Waals surface area contributed by atoms with Gasteiger partial charge in [0.1, 0.15) is 11.5 Å². The number of carbonyl (C=O) groups excluding carboxylic acids is 1. The van der Waals surface area contributed by atoms with Crippen molar-refractivity contribution >= 4 is 23.1 Å². The first-order valence-corrected chi connectivity index (χ1v) is 7.21. The number of nitrogens with one attached hydrogen (secondary N) is 1. The third kappa shape index (κ3) is 2.46. The molecule has 98 valence electrons. The summed E-state index contributed by atoms with van der Waals surface area (Å²) in [6, 6.07) is 7.31. The van der Waals surface area contributed by atoms with Crippen molar-refractivity contribution in [1.82, 2.24) is 10.3 Å². The summed E-state index contributed by atoms with van der Waals surface area (Å²) < 4.78 is 0. The molecule has 0 fully saturated rings. The van der Waals surface area contributed by atoms with Crippen LogP contribution in [0.25, 0.3) is 0 Å². The summed E-state index contributed by atoms with van der Waals surface area (Å²) in [5, 5.41) is 5.15. The van der Waals surface area contributed by atoms with Crippen molar-refractivity contribution < 1.29 is 4.79 Å². The highest BCUT2D eigenvalue weighted by Crippen LogP contribution is 2.33. The van der Waals surface area contributed by atoms with Gasteiger partial charge in [-0.1, -0.05) is 6.07 Å². The van der Waals surface area contributed by atoms with E-state index in [1.807, 2.05) is 0 Å². The van der Waals surface area contributed by atoms with Gasteiger partial charge in [0.15, 0.2) is 0 Å². The van der Waals surface area contributed by atoms with Crippen molar-refractivity contribution in [3.05, 3.63) is 45.8 Å². The molecule has 1 aliphatic carbocycles. The SMILES string of the molecule is Nc1cccc(C(=O)NC2CCCc3sccc32)n1. The minimum absolute atomic E-state index is 0.103. The molecule has 0 saturated heterocycles. The number of nitrogen functional groups attached to an aromatic ring is 1. The van der Waals surface area contributed by atoms with E-state index in [1.165, 1.54) is 10.4 Å². The Morgan fingerprint density at radius 1 is 1.42 bits per heavy atom. The summed E-state index contributed by atoms with van der Waals surface area (Å²) in [5.41, 5.74) is 7.24. The van der Waals surface area contributed by atoms with E-state index in [2.05, 4.69) is 21.7 Å². The summed E-state index contributed by atoms with van der Waals surface area (Å²) >= 11 is 1.77. The Morgan fingerprint density at radius 2 is 2.32 bits per heavy atom. The summed E-state index contributed by atoms with van der Waals surface area (Å²) in [6.45, 7) is 0. The molecule has 3 rings (SSSR count). The Bertz CT molecular complexity index is 608. The van der Waals surface area contributed by atoms with Crippen LogP contribution >= 0.6 is 11.3 Å². The van der Waals surface area contributed by atoms with E-state index in [0.717, 1.165) is 19.3 Å². The van der Waals surface area contributed by atoms with Crippen LogP contribution in [0.1, 0.15) is 39.8 Å². The number of pyridine rings is 1. The highest BCUT2D eigenvalue weighted by molar-refractivity contribution is 7.10. The van der Waals surface area contributed by atoms with E-state index >= 15 is 0 Å².